The number of hydrogen-bond acceptors (Lipinski definition) is 3. The summed E-state index contributed by atoms with van der Waals surface area (Å²) < 4.78 is 5.78. The molecule has 38 heavy (non-hydrogen) atoms. The standard InChI is InChI=1S/C33H38O5/c34-32(35)18-5-4-10-26(25-29-19-21-30(22-20-29)33(36)37)12-8-14-28-15-9-13-27(24-28)11-6-7-23-38-31-16-2-1-3-17-31/h1-3,8-9,12-13,15-17,19-22,24,26H,4-7,10-11,14,18,23,25H2,(H,34,35)(H,36,37)/b12-8-. The average molecular weight is 515 g/mol. The van der Waals surface area contributed by atoms with Crippen molar-refractivity contribution in [2.24, 2.45) is 5.92 Å². The number of carboxylic acid groups (broad SMARTS) is 2. The third kappa shape index (κ3) is 11.0. The first kappa shape index (κ1) is 28.7. The number of unbranched alkanes of at least 4 members (excludes halogenated alkanes) is 2. The highest BCUT2D eigenvalue weighted by atomic mass is 16.5. The van der Waals surface area contributed by atoms with Crippen LogP contribution in [0, 0.1) is 5.92 Å². The van der Waals surface area contributed by atoms with Gasteiger partial charge in [-0.2, -0.15) is 0 Å². The second-order valence-electron chi connectivity index (χ2n) is 9.68. The van der Waals surface area contributed by atoms with E-state index in [1.807, 2.05) is 42.5 Å². The maximum atomic E-state index is 11.1. The van der Waals surface area contributed by atoms with Gasteiger partial charge in [0, 0.05) is 6.42 Å². The number of benzene rings is 3. The number of rotatable bonds is 17. The molecule has 3 aromatic rings. The van der Waals surface area contributed by atoms with Crippen LogP contribution in [0.2, 0.25) is 0 Å². The van der Waals surface area contributed by atoms with Crippen molar-refractivity contribution in [3.05, 3.63) is 113 Å². The zero-order chi connectivity index (χ0) is 27.0. The molecule has 0 aliphatic heterocycles. The number of ether oxygens (including phenoxy) is 1. The molecule has 5 heteroatoms. The molecular weight excluding hydrogens is 476 g/mol. The fourth-order valence-electron chi connectivity index (χ4n) is 4.48. The lowest BCUT2D eigenvalue weighted by Gasteiger charge is -2.13. The van der Waals surface area contributed by atoms with E-state index in [0.29, 0.717) is 6.42 Å². The number of aromatic carboxylic acids is 1. The Morgan fingerprint density at radius 3 is 2.29 bits per heavy atom. The lowest BCUT2D eigenvalue weighted by Crippen LogP contribution is -2.04. The summed E-state index contributed by atoms with van der Waals surface area (Å²) in [6.07, 6.45) is 11.8. The number of carboxylic acids is 2. The van der Waals surface area contributed by atoms with E-state index in [4.69, 9.17) is 14.9 Å². The normalized spacial score (nSPS) is 11.9. The highest BCUT2D eigenvalue weighted by molar-refractivity contribution is 5.87. The second-order valence-corrected chi connectivity index (χ2v) is 9.68. The molecule has 0 amide bonds. The molecule has 0 aromatic heterocycles. The van der Waals surface area contributed by atoms with Gasteiger partial charge in [-0.25, -0.2) is 4.79 Å². The fraction of sp³-hybridized carbons (Fsp3) is 0.333. The van der Waals surface area contributed by atoms with Gasteiger partial charge >= 0.3 is 11.9 Å². The van der Waals surface area contributed by atoms with E-state index in [9.17, 15) is 9.59 Å². The lowest BCUT2D eigenvalue weighted by atomic mass is 9.92. The molecular formula is C33H38O5. The largest absolute Gasteiger partial charge is 0.494 e. The zero-order valence-electron chi connectivity index (χ0n) is 21.9. The third-order valence-corrected chi connectivity index (χ3v) is 6.54. The minimum Gasteiger partial charge on any atom is -0.494 e. The van der Waals surface area contributed by atoms with Gasteiger partial charge in [0.2, 0.25) is 0 Å². The molecule has 5 nitrogen and oxygen atoms in total. The van der Waals surface area contributed by atoms with Crippen LogP contribution >= 0.6 is 0 Å². The highest BCUT2D eigenvalue weighted by Crippen LogP contribution is 2.19. The fourth-order valence-corrected chi connectivity index (χ4v) is 4.48. The SMILES string of the molecule is O=C(O)CCCCC(/C=C\Cc1cccc(CCCCOc2ccccc2)c1)Cc1ccc(C(=O)O)cc1. The molecule has 0 aliphatic carbocycles. The van der Waals surface area contributed by atoms with Crippen LogP contribution < -0.4 is 4.74 Å². The van der Waals surface area contributed by atoms with Crippen molar-refractivity contribution in [2.75, 3.05) is 6.61 Å². The molecule has 0 spiro atoms. The summed E-state index contributed by atoms with van der Waals surface area (Å²) in [5.41, 5.74) is 3.97. The van der Waals surface area contributed by atoms with Crippen LogP contribution in [0.15, 0.2) is 91.0 Å². The lowest BCUT2D eigenvalue weighted by molar-refractivity contribution is -0.137. The van der Waals surface area contributed by atoms with Crippen molar-refractivity contribution in [1.82, 2.24) is 0 Å². The summed E-state index contributed by atoms with van der Waals surface area (Å²) >= 11 is 0. The number of carbonyl (C=O) groups is 2. The molecule has 0 saturated heterocycles. The van der Waals surface area contributed by atoms with E-state index < -0.39 is 11.9 Å². The first-order valence-corrected chi connectivity index (χ1v) is 13.5. The number of para-hydroxylation sites is 1. The van der Waals surface area contributed by atoms with Crippen molar-refractivity contribution in [3.63, 3.8) is 0 Å². The Morgan fingerprint density at radius 1 is 0.789 bits per heavy atom. The molecule has 0 saturated carbocycles. The summed E-state index contributed by atoms with van der Waals surface area (Å²) in [5, 5.41) is 18.1. The monoisotopic (exact) mass is 514 g/mol. The zero-order valence-corrected chi connectivity index (χ0v) is 21.9. The van der Waals surface area contributed by atoms with Crippen LogP contribution in [-0.4, -0.2) is 28.8 Å². The van der Waals surface area contributed by atoms with Gasteiger partial charge in [-0.3, -0.25) is 4.79 Å². The van der Waals surface area contributed by atoms with Crippen molar-refractivity contribution in [1.29, 1.82) is 0 Å². The molecule has 200 valence electrons. The highest BCUT2D eigenvalue weighted by Gasteiger charge is 2.09. The van der Waals surface area contributed by atoms with Crippen molar-refractivity contribution in [2.45, 2.75) is 57.8 Å². The van der Waals surface area contributed by atoms with Gasteiger partial charge in [-0.15, -0.1) is 0 Å². The van der Waals surface area contributed by atoms with E-state index in [2.05, 4.69) is 36.4 Å². The van der Waals surface area contributed by atoms with E-state index >= 15 is 0 Å². The third-order valence-electron chi connectivity index (χ3n) is 6.54. The Bertz CT molecular complexity index is 1150. The molecule has 0 bridgehead atoms. The average Bonchev–Trinajstić information content (AvgIpc) is 2.92. The first-order valence-electron chi connectivity index (χ1n) is 13.5. The van der Waals surface area contributed by atoms with Gasteiger partial charge in [-0.05, 0) is 91.8 Å². The Hall–Kier alpha value is -3.86. The first-order chi connectivity index (χ1) is 18.5. The Kier molecular flexibility index (Phi) is 12.1. The van der Waals surface area contributed by atoms with E-state index in [1.54, 1.807) is 12.1 Å². The number of aryl methyl sites for hydroxylation is 1. The minimum absolute atomic E-state index is 0.189. The minimum atomic E-state index is -0.926. The van der Waals surface area contributed by atoms with Crippen molar-refractivity contribution < 1.29 is 24.5 Å². The Balaban J connectivity index is 1.49. The van der Waals surface area contributed by atoms with Gasteiger partial charge < -0.3 is 14.9 Å². The molecule has 0 radical (unpaired) electrons. The Labute approximate surface area is 225 Å². The molecule has 0 heterocycles. The summed E-state index contributed by atoms with van der Waals surface area (Å²) in [6.45, 7) is 0.722. The number of aliphatic carboxylic acids is 1. The van der Waals surface area contributed by atoms with Crippen LogP contribution in [0.25, 0.3) is 0 Å². The smallest absolute Gasteiger partial charge is 0.335 e. The maximum absolute atomic E-state index is 11.1. The Morgan fingerprint density at radius 2 is 1.55 bits per heavy atom. The van der Waals surface area contributed by atoms with Gasteiger partial charge in [-0.1, -0.05) is 73.2 Å². The van der Waals surface area contributed by atoms with E-state index in [-0.39, 0.29) is 17.9 Å². The number of allylic oxidation sites excluding steroid dienone is 2. The molecule has 1 unspecified atom stereocenters. The van der Waals surface area contributed by atoms with Gasteiger partial charge in [0.1, 0.15) is 5.75 Å². The van der Waals surface area contributed by atoms with Crippen LogP contribution in [-0.2, 0) is 24.1 Å². The summed E-state index contributed by atoms with van der Waals surface area (Å²) in [7, 11) is 0. The second kappa shape index (κ2) is 16.1. The summed E-state index contributed by atoms with van der Waals surface area (Å²) in [4.78, 5) is 22.0. The van der Waals surface area contributed by atoms with E-state index in [0.717, 1.165) is 62.9 Å². The predicted octanol–water partition coefficient (Wildman–Crippen LogP) is 7.39. The van der Waals surface area contributed by atoms with Crippen LogP contribution in [0.3, 0.4) is 0 Å². The van der Waals surface area contributed by atoms with Crippen LogP contribution in [0.4, 0.5) is 0 Å². The van der Waals surface area contributed by atoms with Crippen molar-refractivity contribution in [3.8, 4) is 5.75 Å². The van der Waals surface area contributed by atoms with Crippen molar-refractivity contribution >= 4 is 11.9 Å². The molecule has 3 aromatic carbocycles. The molecule has 2 N–H and O–H groups in total. The molecule has 1 atom stereocenters. The van der Waals surface area contributed by atoms with E-state index in [1.165, 1.54) is 11.1 Å². The molecule has 0 fully saturated rings. The van der Waals surface area contributed by atoms with Crippen LogP contribution in [0.5, 0.6) is 5.75 Å². The van der Waals surface area contributed by atoms with Crippen LogP contribution in [0.1, 0.15) is 65.6 Å². The quantitative estimate of drug-likeness (QED) is 0.145. The predicted molar refractivity (Wildman–Crippen MR) is 151 cm³/mol. The molecule has 0 aliphatic rings. The maximum Gasteiger partial charge on any atom is 0.335 e. The number of hydrogen-bond donors (Lipinski definition) is 2. The van der Waals surface area contributed by atoms with Gasteiger partial charge in [0.05, 0.1) is 12.2 Å². The molecule has 3 rings (SSSR count). The summed E-state index contributed by atoms with van der Waals surface area (Å²) in [5.74, 6) is -0.500. The topological polar surface area (TPSA) is 83.8 Å². The van der Waals surface area contributed by atoms with Gasteiger partial charge in [0.25, 0.3) is 0 Å². The summed E-state index contributed by atoms with van der Waals surface area (Å²) in [6, 6.07) is 25.6. The van der Waals surface area contributed by atoms with Gasteiger partial charge in [0.15, 0.2) is 0 Å².